The second-order valence-electron chi connectivity index (χ2n) is 4.81. The van der Waals surface area contributed by atoms with Crippen LogP contribution in [0.25, 0.3) is 10.8 Å². The third-order valence-electron chi connectivity index (χ3n) is 3.64. The minimum Gasteiger partial charge on any atom is -0.395 e. The van der Waals surface area contributed by atoms with E-state index in [-0.39, 0.29) is 31.4 Å². The molecule has 1 N–H and O–H groups in total. The van der Waals surface area contributed by atoms with Crippen LogP contribution >= 0.6 is 24.8 Å². The van der Waals surface area contributed by atoms with E-state index in [2.05, 4.69) is 32.1 Å². The van der Waals surface area contributed by atoms with Gasteiger partial charge in [0.15, 0.2) is 5.82 Å². The average molecular weight is 331 g/mol. The predicted molar refractivity (Wildman–Crippen MR) is 89.8 cm³/mol. The minimum atomic E-state index is 0. The Balaban J connectivity index is 0.00000110. The molecular weight excluding hydrogens is 311 g/mol. The maximum Gasteiger partial charge on any atom is 0.159 e. The Morgan fingerprint density at radius 2 is 1.76 bits per heavy atom. The lowest BCUT2D eigenvalue weighted by Crippen LogP contribution is -2.47. The number of halogens is 2. The largest absolute Gasteiger partial charge is 0.395 e. The van der Waals surface area contributed by atoms with Crippen molar-refractivity contribution in [1.82, 2.24) is 15.1 Å². The molecule has 0 aliphatic carbocycles. The summed E-state index contributed by atoms with van der Waals surface area (Å²) in [5, 5.41) is 19.7. The van der Waals surface area contributed by atoms with Crippen LogP contribution in [-0.2, 0) is 0 Å². The first-order valence-corrected chi connectivity index (χ1v) is 6.67. The first kappa shape index (κ1) is 17.9. The van der Waals surface area contributed by atoms with Crippen molar-refractivity contribution in [3.8, 4) is 0 Å². The van der Waals surface area contributed by atoms with Gasteiger partial charge in [0.25, 0.3) is 0 Å². The van der Waals surface area contributed by atoms with Crippen LogP contribution in [0.3, 0.4) is 0 Å². The fourth-order valence-corrected chi connectivity index (χ4v) is 2.57. The Kier molecular flexibility index (Phi) is 7.11. The Morgan fingerprint density at radius 3 is 2.48 bits per heavy atom. The molecule has 1 aromatic carbocycles. The number of rotatable bonds is 3. The molecule has 1 aliphatic heterocycles. The smallest absolute Gasteiger partial charge is 0.159 e. The first-order chi connectivity index (χ1) is 9.38. The van der Waals surface area contributed by atoms with E-state index >= 15 is 0 Å². The second kappa shape index (κ2) is 8.34. The van der Waals surface area contributed by atoms with Crippen molar-refractivity contribution >= 4 is 41.4 Å². The molecule has 1 saturated heterocycles. The lowest BCUT2D eigenvalue weighted by molar-refractivity contribution is 0.188. The normalized spacial score (nSPS) is 15.4. The number of aliphatic hydroxyl groups is 1. The molecule has 0 unspecified atom stereocenters. The van der Waals surface area contributed by atoms with E-state index in [0.717, 1.165) is 49.3 Å². The number of nitrogens with zero attached hydrogens (tertiary/aromatic N) is 4. The topological polar surface area (TPSA) is 52.5 Å². The highest BCUT2D eigenvalue weighted by Gasteiger charge is 2.19. The fourth-order valence-electron chi connectivity index (χ4n) is 2.57. The maximum atomic E-state index is 8.97. The molecule has 2 aromatic rings. The molecule has 0 saturated carbocycles. The number of anilines is 1. The van der Waals surface area contributed by atoms with Gasteiger partial charge in [-0.25, -0.2) is 0 Å². The predicted octanol–water partition coefficient (Wildman–Crippen LogP) is 1.59. The van der Waals surface area contributed by atoms with Gasteiger partial charge in [0.1, 0.15) is 0 Å². The molecule has 21 heavy (non-hydrogen) atoms. The summed E-state index contributed by atoms with van der Waals surface area (Å²) in [6, 6.07) is 8.22. The number of benzene rings is 1. The molecule has 0 bridgehead atoms. The number of aliphatic hydroxyl groups excluding tert-OH is 1. The summed E-state index contributed by atoms with van der Waals surface area (Å²) in [5.41, 5.74) is 0. The van der Waals surface area contributed by atoms with Crippen LogP contribution in [0.4, 0.5) is 5.82 Å². The van der Waals surface area contributed by atoms with Gasteiger partial charge in [-0.05, 0) is 0 Å². The zero-order valence-corrected chi connectivity index (χ0v) is 13.3. The third kappa shape index (κ3) is 3.95. The Morgan fingerprint density at radius 1 is 1.05 bits per heavy atom. The van der Waals surface area contributed by atoms with Crippen molar-refractivity contribution in [2.75, 3.05) is 44.2 Å². The standard InChI is InChI=1S/C14H18N4O.2ClH/c19-10-9-17-5-7-18(8-6-17)14-13-4-2-1-3-12(13)11-15-16-14;;/h1-4,11,19H,5-10H2;2*1H. The molecule has 2 heterocycles. The van der Waals surface area contributed by atoms with Gasteiger partial charge < -0.3 is 10.0 Å². The van der Waals surface area contributed by atoms with Crippen molar-refractivity contribution in [2.45, 2.75) is 0 Å². The minimum absolute atomic E-state index is 0. The van der Waals surface area contributed by atoms with Crippen LogP contribution in [0.5, 0.6) is 0 Å². The quantitative estimate of drug-likeness (QED) is 0.926. The summed E-state index contributed by atoms with van der Waals surface area (Å²) in [6.45, 7) is 4.78. The van der Waals surface area contributed by atoms with Gasteiger partial charge in [-0.2, -0.15) is 5.10 Å². The molecule has 0 radical (unpaired) electrons. The van der Waals surface area contributed by atoms with Crippen molar-refractivity contribution in [3.63, 3.8) is 0 Å². The average Bonchev–Trinajstić information content (AvgIpc) is 2.48. The summed E-state index contributed by atoms with van der Waals surface area (Å²) in [7, 11) is 0. The van der Waals surface area contributed by atoms with Crippen LogP contribution in [0, 0.1) is 0 Å². The zero-order valence-electron chi connectivity index (χ0n) is 11.7. The summed E-state index contributed by atoms with van der Waals surface area (Å²) < 4.78 is 0. The lowest BCUT2D eigenvalue weighted by atomic mass is 10.1. The molecule has 116 valence electrons. The van der Waals surface area contributed by atoms with Gasteiger partial charge in [0.2, 0.25) is 0 Å². The lowest BCUT2D eigenvalue weighted by Gasteiger charge is -2.35. The van der Waals surface area contributed by atoms with Crippen molar-refractivity contribution in [1.29, 1.82) is 0 Å². The van der Waals surface area contributed by atoms with Crippen molar-refractivity contribution in [3.05, 3.63) is 30.5 Å². The Hall–Kier alpha value is -1.14. The number of aromatic nitrogens is 2. The molecule has 1 fully saturated rings. The van der Waals surface area contributed by atoms with Crippen LogP contribution in [0.2, 0.25) is 0 Å². The summed E-state index contributed by atoms with van der Waals surface area (Å²) in [5.74, 6) is 0.974. The second-order valence-corrected chi connectivity index (χ2v) is 4.81. The van der Waals surface area contributed by atoms with E-state index in [9.17, 15) is 0 Å². The zero-order chi connectivity index (χ0) is 13.1. The van der Waals surface area contributed by atoms with Crippen LogP contribution in [0.15, 0.2) is 30.5 Å². The molecule has 0 amide bonds. The highest BCUT2D eigenvalue weighted by Crippen LogP contribution is 2.23. The van der Waals surface area contributed by atoms with Crippen LogP contribution in [-0.4, -0.2) is 59.5 Å². The Bertz CT molecular complexity index is 556. The first-order valence-electron chi connectivity index (χ1n) is 6.67. The van der Waals surface area contributed by atoms with E-state index < -0.39 is 0 Å². The van der Waals surface area contributed by atoms with E-state index in [1.165, 1.54) is 0 Å². The number of β-amino-alcohol motifs (C(OH)–C–C–N with tert-alkyl or cyclic N) is 1. The van der Waals surface area contributed by atoms with Gasteiger partial charge in [-0.1, -0.05) is 24.3 Å². The van der Waals surface area contributed by atoms with Gasteiger partial charge in [0, 0.05) is 43.5 Å². The van der Waals surface area contributed by atoms with Crippen LogP contribution in [0.1, 0.15) is 0 Å². The molecule has 1 aromatic heterocycles. The molecule has 5 nitrogen and oxygen atoms in total. The van der Waals surface area contributed by atoms with Gasteiger partial charge in [-0.3, -0.25) is 4.90 Å². The van der Waals surface area contributed by atoms with Gasteiger partial charge in [0.05, 0.1) is 12.8 Å². The molecular formula is C14H20Cl2N4O. The fraction of sp³-hybridized carbons (Fsp3) is 0.429. The van der Waals surface area contributed by atoms with E-state index in [1.807, 2.05) is 12.1 Å². The van der Waals surface area contributed by atoms with Gasteiger partial charge in [-0.15, -0.1) is 29.9 Å². The van der Waals surface area contributed by atoms with E-state index in [0.29, 0.717) is 0 Å². The maximum absolute atomic E-state index is 8.97. The number of hydrogen-bond donors (Lipinski definition) is 1. The van der Waals surface area contributed by atoms with E-state index in [1.54, 1.807) is 6.20 Å². The number of hydrogen-bond acceptors (Lipinski definition) is 5. The van der Waals surface area contributed by atoms with Crippen molar-refractivity contribution in [2.24, 2.45) is 0 Å². The Labute approximate surface area is 136 Å². The molecule has 1 aliphatic rings. The summed E-state index contributed by atoms with van der Waals surface area (Å²) in [4.78, 5) is 4.55. The molecule has 0 atom stereocenters. The van der Waals surface area contributed by atoms with Crippen molar-refractivity contribution < 1.29 is 5.11 Å². The van der Waals surface area contributed by atoms with Crippen LogP contribution < -0.4 is 4.90 Å². The summed E-state index contributed by atoms with van der Waals surface area (Å²) >= 11 is 0. The van der Waals surface area contributed by atoms with Gasteiger partial charge >= 0.3 is 0 Å². The SMILES string of the molecule is Cl.Cl.OCCN1CCN(c2nncc3ccccc23)CC1. The monoisotopic (exact) mass is 330 g/mol. The molecule has 3 rings (SSSR count). The highest BCUT2D eigenvalue weighted by atomic mass is 35.5. The highest BCUT2D eigenvalue weighted by molar-refractivity contribution is 5.91. The number of fused-ring (bicyclic) bond motifs is 1. The third-order valence-corrected chi connectivity index (χ3v) is 3.64. The molecule has 0 spiro atoms. The number of piperazine rings is 1. The molecule has 7 heteroatoms. The van der Waals surface area contributed by atoms with E-state index in [4.69, 9.17) is 5.11 Å². The summed E-state index contributed by atoms with van der Waals surface area (Å²) in [6.07, 6.45) is 1.81.